The summed E-state index contributed by atoms with van der Waals surface area (Å²) in [7, 11) is 4.57. The Morgan fingerprint density at radius 3 is 2.40 bits per heavy atom. The van der Waals surface area contributed by atoms with Crippen LogP contribution in [0.4, 0.5) is 0 Å². The molecule has 1 heterocycles. The third-order valence-electron chi connectivity index (χ3n) is 5.86. The summed E-state index contributed by atoms with van der Waals surface area (Å²) in [5.41, 5.74) is 6.95. The molecule has 1 saturated heterocycles. The van der Waals surface area contributed by atoms with E-state index >= 15 is 0 Å². The van der Waals surface area contributed by atoms with Crippen LogP contribution in [0.2, 0.25) is 0 Å². The molecule has 1 aliphatic carbocycles. The number of nitrogens with zero attached hydrogens (tertiary/aromatic N) is 2. The average Bonchev–Trinajstić information content (AvgIpc) is 2.40. The van der Waals surface area contributed by atoms with Gasteiger partial charge in [-0.2, -0.15) is 0 Å². The van der Waals surface area contributed by atoms with E-state index < -0.39 is 0 Å². The number of likely N-dealkylation sites (N-methyl/N-ethyl adjacent to an activating group) is 1. The van der Waals surface area contributed by atoms with Crippen LogP contribution in [0, 0.1) is 11.3 Å². The van der Waals surface area contributed by atoms with Gasteiger partial charge in [0.2, 0.25) is 0 Å². The van der Waals surface area contributed by atoms with Crippen LogP contribution in [-0.4, -0.2) is 55.6 Å². The molecule has 0 radical (unpaired) electrons. The lowest BCUT2D eigenvalue weighted by Gasteiger charge is -2.51. The van der Waals surface area contributed by atoms with Gasteiger partial charge in [-0.05, 0) is 70.6 Å². The molecule has 2 rings (SSSR count). The lowest BCUT2D eigenvalue weighted by atomic mass is 9.67. The Bertz CT molecular complexity index is 307. The zero-order valence-corrected chi connectivity index (χ0v) is 14.1. The van der Waals surface area contributed by atoms with Crippen molar-refractivity contribution in [2.45, 2.75) is 57.9 Å². The first-order valence-corrected chi connectivity index (χ1v) is 8.47. The van der Waals surface area contributed by atoms with Crippen LogP contribution in [-0.2, 0) is 0 Å². The molecule has 0 spiro atoms. The first-order chi connectivity index (χ1) is 9.37. The molecule has 0 amide bonds. The lowest BCUT2D eigenvalue weighted by molar-refractivity contribution is 0.0120. The largest absolute Gasteiger partial charge is 0.329 e. The van der Waals surface area contributed by atoms with Gasteiger partial charge in [0.15, 0.2) is 0 Å². The molecule has 20 heavy (non-hydrogen) atoms. The lowest BCUT2D eigenvalue weighted by Crippen LogP contribution is -2.57. The van der Waals surface area contributed by atoms with E-state index in [0.29, 0.717) is 5.41 Å². The Balaban J connectivity index is 1.96. The topological polar surface area (TPSA) is 32.5 Å². The van der Waals surface area contributed by atoms with Gasteiger partial charge in [0.25, 0.3) is 0 Å². The summed E-state index contributed by atoms with van der Waals surface area (Å²) in [5, 5.41) is 0. The maximum Gasteiger partial charge on any atom is 0.0333 e. The van der Waals surface area contributed by atoms with Crippen LogP contribution in [0.15, 0.2) is 0 Å². The van der Waals surface area contributed by atoms with E-state index in [9.17, 15) is 0 Å². The summed E-state index contributed by atoms with van der Waals surface area (Å²) in [5.74, 6) is 0.865. The van der Waals surface area contributed by atoms with E-state index in [0.717, 1.165) is 12.5 Å². The SMILES string of the molecule is CN1CCC(CN(C)C2(CN)CCCC(C)(C)C2)CC1. The Hall–Kier alpha value is -0.120. The van der Waals surface area contributed by atoms with Gasteiger partial charge in [0.1, 0.15) is 0 Å². The van der Waals surface area contributed by atoms with Gasteiger partial charge >= 0.3 is 0 Å². The van der Waals surface area contributed by atoms with Crippen molar-refractivity contribution in [1.29, 1.82) is 0 Å². The number of hydrogen-bond donors (Lipinski definition) is 1. The van der Waals surface area contributed by atoms with Crippen LogP contribution in [0.3, 0.4) is 0 Å². The van der Waals surface area contributed by atoms with E-state index in [1.54, 1.807) is 0 Å². The van der Waals surface area contributed by atoms with Crippen molar-refractivity contribution in [3.8, 4) is 0 Å². The minimum Gasteiger partial charge on any atom is -0.329 e. The Kier molecular flexibility index (Phi) is 5.14. The van der Waals surface area contributed by atoms with Gasteiger partial charge in [0.05, 0.1) is 0 Å². The number of piperidine rings is 1. The molecule has 0 bridgehead atoms. The zero-order valence-electron chi connectivity index (χ0n) is 14.1. The molecule has 0 aromatic carbocycles. The van der Waals surface area contributed by atoms with Gasteiger partial charge in [-0.3, -0.25) is 4.90 Å². The molecule has 3 nitrogen and oxygen atoms in total. The molecule has 2 aliphatic rings. The molecule has 2 N–H and O–H groups in total. The summed E-state index contributed by atoms with van der Waals surface area (Å²) in [4.78, 5) is 5.09. The van der Waals surface area contributed by atoms with Crippen molar-refractivity contribution in [3.05, 3.63) is 0 Å². The molecule has 1 unspecified atom stereocenters. The third kappa shape index (κ3) is 3.75. The highest BCUT2D eigenvalue weighted by molar-refractivity contribution is 4.99. The first kappa shape index (κ1) is 16.3. The Labute approximate surface area is 125 Å². The smallest absolute Gasteiger partial charge is 0.0333 e. The minimum absolute atomic E-state index is 0.255. The molecular formula is C17H35N3. The van der Waals surface area contributed by atoms with Gasteiger partial charge in [-0.15, -0.1) is 0 Å². The second-order valence-corrected chi connectivity index (χ2v) is 8.25. The summed E-state index contributed by atoms with van der Waals surface area (Å²) in [6, 6.07) is 0. The van der Waals surface area contributed by atoms with Crippen LogP contribution < -0.4 is 5.73 Å². The molecule has 1 atom stereocenters. The normalized spacial score (nSPS) is 32.7. The highest BCUT2D eigenvalue weighted by Crippen LogP contribution is 2.43. The summed E-state index contributed by atoms with van der Waals surface area (Å²) in [6.45, 7) is 9.42. The Morgan fingerprint density at radius 2 is 1.85 bits per heavy atom. The summed E-state index contributed by atoms with van der Waals surface area (Å²) in [6.07, 6.45) is 7.95. The van der Waals surface area contributed by atoms with Crippen molar-refractivity contribution in [3.63, 3.8) is 0 Å². The number of nitrogens with two attached hydrogens (primary N) is 1. The molecule has 1 saturated carbocycles. The maximum atomic E-state index is 6.24. The number of likely N-dealkylation sites (tertiary alicyclic amines) is 1. The monoisotopic (exact) mass is 281 g/mol. The van der Waals surface area contributed by atoms with Crippen molar-refractivity contribution in [2.75, 3.05) is 40.3 Å². The van der Waals surface area contributed by atoms with Gasteiger partial charge in [-0.1, -0.05) is 20.3 Å². The maximum absolute atomic E-state index is 6.24. The van der Waals surface area contributed by atoms with Crippen molar-refractivity contribution in [2.24, 2.45) is 17.1 Å². The molecule has 118 valence electrons. The average molecular weight is 281 g/mol. The number of rotatable bonds is 4. The molecule has 0 aromatic rings. The van der Waals surface area contributed by atoms with Crippen LogP contribution in [0.25, 0.3) is 0 Å². The van der Waals surface area contributed by atoms with Gasteiger partial charge in [0, 0.05) is 18.6 Å². The highest BCUT2D eigenvalue weighted by Gasteiger charge is 2.42. The second kappa shape index (κ2) is 6.33. The van der Waals surface area contributed by atoms with Crippen molar-refractivity contribution < 1.29 is 0 Å². The van der Waals surface area contributed by atoms with Crippen LogP contribution >= 0.6 is 0 Å². The second-order valence-electron chi connectivity index (χ2n) is 8.25. The molecule has 2 fully saturated rings. The number of hydrogen-bond acceptors (Lipinski definition) is 3. The van der Waals surface area contributed by atoms with E-state index in [1.165, 1.54) is 58.2 Å². The van der Waals surface area contributed by atoms with E-state index in [4.69, 9.17) is 5.73 Å². The van der Waals surface area contributed by atoms with Crippen LogP contribution in [0.5, 0.6) is 0 Å². The Morgan fingerprint density at radius 1 is 1.20 bits per heavy atom. The van der Waals surface area contributed by atoms with Crippen molar-refractivity contribution >= 4 is 0 Å². The fourth-order valence-electron chi connectivity index (χ4n) is 4.45. The zero-order chi connectivity index (χ0) is 14.8. The van der Waals surface area contributed by atoms with E-state index in [-0.39, 0.29) is 5.54 Å². The third-order valence-corrected chi connectivity index (χ3v) is 5.86. The predicted octanol–water partition coefficient (Wildman–Crippen LogP) is 2.56. The van der Waals surface area contributed by atoms with E-state index in [1.807, 2.05) is 0 Å². The molecule has 0 aromatic heterocycles. The molecule has 3 heteroatoms. The van der Waals surface area contributed by atoms with E-state index in [2.05, 4.69) is 37.7 Å². The first-order valence-electron chi connectivity index (χ1n) is 8.47. The molecular weight excluding hydrogens is 246 g/mol. The van der Waals surface area contributed by atoms with Crippen LogP contribution in [0.1, 0.15) is 52.4 Å². The molecule has 1 aliphatic heterocycles. The quantitative estimate of drug-likeness (QED) is 0.859. The highest BCUT2D eigenvalue weighted by atomic mass is 15.2. The van der Waals surface area contributed by atoms with Gasteiger partial charge in [-0.25, -0.2) is 0 Å². The predicted molar refractivity (Wildman–Crippen MR) is 86.9 cm³/mol. The summed E-state index contributed by atoms with van der Waals surface area (Å²) < 4.78 is 0. The fourth-order valence-corrected chi connectivity index (χ4v) is 4.45. The van der Waals surface area contributed by atoms with Crippen molar-refractivity contribution in [1.82, 2.24) is 9.80 Å². The summed E-state index contributed by atoms with van der Waals surface area (Å²) >= 11 is 0. The standard InChI is InChI=1S/C17H35N3/c1-16(2)8-5-9-17(13-16,14-18)20(4)12-15-6-10-19(3)11-7-15/h15H,5-14,18H2,1-4H3. The fraction of sp³-hybridized carbons (Fsp3) is 1.00. The van der Waals surface area contributed by atoms with Gasteiger partial charge < -0.3 is 10.6 Å². The minimum atomic E-state index is 0.255.